The van der Waals surface area contributed by atoms with Crippen molar-refractivity contribution in [1.29, 1.82) is 0 Å². The molecular formula is C10H17N3O. The van der Waals surface area contributed by atoms with Gasteiger partial charge in [-0.2, -0.15) is 0 Å². The molecule has 0 spiro atoms. The molecule has 0 atom stereocenters. The van der Waals surface area contributed by atoms with Gasteiger partial charge >= 0.3 is 0 Å². The fourth-order valence-corrected chi connectivity index (χ4v) is 1.29. The van der Waals surface area contributed by atoms with E-state index in [1.807, 2.05) is 0 Å². The van der Waals surface area contributed by atoms with E-state index >= 15 is 0 Å². The number of hydrogen-bond acceptors (Lipinski definition) is 2. The smallest absolute Gasteiger partial charge is 0.269 e. The number of nitrogens with one attached hydrogen (secondary N) is 2. The second-order valence-corrected chi connectivity index (χ2v) is 3.36. The summed E-state index contributed by atoms with van der Waals surface area (Å²) in [6.07, 6.45) is 5.23. The molecule has 4 nitrogen and oxygen atoms in total. The SMILES string of the molecule is CCC(CC)CNC(=O)c1cnc[nH]1. The third-order valence-corrected chi connectivity index (χ3v) is 2.45. The Hall–Kier alpha value is -1.32. The summed E-state index contributed by atoms with van der Waals surface area (Å²) in [4.78, 5) is 18.0. The molecule has 0 radical (unpaired) electrons. The quantitative estimate of drug-likeness (QED) is 0.749. The summed E-state index contributed by atoms with van der Waals surface area (Å²) >= 11 is 0. The molecule has 0 unspecified atom stereocenters. The maximum absolute atomic E-state index is 11.5. The number of nitrogens with zero attached hydrogens (tertiary/aromatic N) is 1. The number of rotatable bonds is 5. The molecule has 0 fully saturated rings. The van der Waals surface area contributed by atoms with E-state index in [4.69, 9.17) is 0 Å². The van der Waals surface area contributed by atoms with E-state index < -0.39 is 0 Å². The average Bonchev–Trinajstić information content (AvgIpc) is 2.72. The molecule has 1 aromatic heterocycles. The first-order valence-electron chi connectivity index (χ1n) is 5.04. The molecule has 2 N–H and O–H groups in total. The van der Waals surface area contributed by atoms with Gasteiger partial charge in [0.25, 0.3) is 5.91 Å². The normalized spacial score (nSPS) is 10.5. The van der Waals surface area contributed by atoms with Crippen LogP contribution in [0.2, 0.25) is 0 Å². The fraction of sp³-hybridized carbons (Fsp3) is 0.600. The Labute approximate surface area is 84.1 Å². The lowest BCUT2D eigenvalue weighted by Crippen LogP contribution is -2.29. The van der Waals surface area contributed by atoms with E-state index in [2.05, 4.69) is 29.1 Å². The molecule has 0 bridgehead atoms. The van der Waals surface area contributed by atoms with Gasteiger partial charge in [0.05, 0.1) is 12.5 Å². The number of H-pyrrole nitrogens is 1. The van der Waals surface area contributed by atoms with Crippen molar-refractivity contribution in [3.05, 3.63) is 18.2 Å². The first-order valence-corrected chi connectivity index (χ1v) is 5.04. The Kier molecular flexibility index (Phi) is 4.16. The van der Waals surface area contributed by atoms with Gasteiger partial charge in [-0.25, -0.2) is 4.98 Å². The molecule has 0 saturated carbocycles. The second kappa shape index (κ2) is 5.42. The number of carbonyl (C=O) groups excluding carboxylic acids is 1. The van der Waals surface area contributed by atoms with Gasteiger partial charge in [0.1, 0.15) is 5.69 Å². The monoisotopic (exact) mass is 195 g/mol. The number of imidazole rings is 1. The highest BCUT2D eigenvalue weighted by Gasteiger charge is 2.08. The van der Waals surface area contributed by atoms with E-state index in [-0.39, 0.29) is 5.91 Å². The summed E-state index contributed by atoms with van der Waals surface area (Å²) in [7, 11) is 0. The summed E-state index contributed by atoms with van der Waals surface area (Å²) < 4.78 is 0. The van der Waals surface area contributed by atoms with Crippen molar-refractivity contribution in [3.63, 3.8) is 0 Å². The highest BCUT2D eigenvalue weighted by atomic mass is 16.1. The van der Waals surface area contributed by atoms with Crippen molar-refractivity contribution in [1.82, 2.24) is 15.3 Å². The molecule has 1 rings (SSSR count). The lowest BCUT2D eigenvalue weighted by atomic mass is 10.0. The van der Waals surface area contributed by atoms with Crippen molar-refractivity contribution in [2.45, 2.75) is 26.7 Å². The van der Waals surface area contributed by atoms with Crippen LogP contribution in [0, 0.1) is 5.92 Å². The predicted molar refractivity (Wildman–Crippen MR) is 55.0 cm³/mol. The van der Waals surface area contributed by atoms with Crippen LogP contribution in [-0.2, 0) is 0 Å². The van der Waals surface area contributed by atoms with Crippen molar-refractivity contribution >= 4 is 5.91 Å². The van der Waals surface area contributed by atoms with Crippen molar-refractivity contribution in [2.24, 2.45) is 5.92 Å². The van der Waals surface area contributed by atoms with Crippen LogP contribution in [0.4, 0.5) is 0 Å². The van der Waals surface area contributed by atoms with Crippen LogP contribution >= 0.6 is 0 Å². The maximum Gasteiger partial charge on any atom is 0.269 e. The number of aromatic amines is 1. The van der Waals surface area contributed by atoms with Crippen LogP contribution in [0.3, 0.4) is 0 Å². The van der Waals surface area contributed by atoms with Gasteiger partial charge in [-0.05, 0) is 5.92 Å². The van der Waals surface area contributed by atoms with E-state index in [0.29, 0.717) is 11.6 Å². The van der Waals surface area contributed by atoms with Gasteiger partial charge in [0.2, 0.25) is 0 Å². The summed E-state index contributed by atoms with van der Waals surface area (Å²) in [5.74, 6) is 0.497. The van der Waals surface area contributed by atoms with Crippen molar-refractivity contribution < 1.29 is 4.79 Å². The number of amides is 1. The topological polar surface area (TPSA) is 57.8 Å². The zero-order chi connectivity index (χ0) is 10.4. The van der Waals surface area contributed by atoms with E-state index in [9.17, 15) is 4.79 Å². The Morgan fingerprint density at radius 1 is 1.57 bits per heavy atom. The van der Waals surface area contributed by atoms with Crippen LogP contribution < -0.4 is 5.32 Å². The Morgan fingerprint density at radius 3 is 2.79 bits per heavy atom. The van der Waals surface area contributed by atoms with E-state index in [0.717, 1.165) is 19.4 Å². The van der Waals surface area contributed by atoms with Crippen LogP contribution in [0.1, 0.15) is 37.2 Å². The number of carbonyl (C=O) groups is 1. The average molecular weight is 195 g/mol. The van der Waals surface area contributed by atoms with Gasteiger partial charge < -0.3 is 10.3 Å². The second-order valence-electron chi connectivity index (χ2n) is 3.36. The van der Waals surface area contributed by atoms with Crippen molar-refractivity contribution in [3.8, 4) is 0 Å². The minimum absolute atomic E-state index is 0.0746. The summed E-state index contributed by atoms with van der Waals surface area (Å²) in [6, 6.07) is 0. The highest BCUT2D eigenvalue weighted by molar-refractivity contribution is 5.91. The van der Waals surface area contributed by atoms with Crippen LogP contribution in [0.15, 0.2) is 12.5 Å². The number of hydrogen-bond donors (Lipinski definition) is 2. The van der Waals surface area contributed by atoms with Gasteiger partial charge in [0.15, 0.2) is 0 Å². The van der Waals surface area contributed by atoms with Gasteiger partial charge in [-0.1, -0.05) is 26.7 Å². The first kappa shape index (κ1) is 10.8. The predicted octanol–water partition coefficient (Wildman–Crippen LogP) is 1.58. The third-order valence-electron chi connectivity index (χ3n) is 2.45. The zero-order valence-electron chi connectivity index (χ0n) is 8.71. The lowest BCUT2D eigenvalue weighted by Gasteiger charge is -2.12. The Bertz CT molecular complexity index is 265. The van der Waals surface area contributed by atoms with E-state index in [1.165, 1.54) is 12.5 Å². The molecule has 4 heteroatoms. The summed E-state index contributed by atoms with van der Waals surface area (Å²) in [6.45, 7) is 5.01. The minimum Gasteiger partial charge on any atom is -0.350 e. The standard InChI is InChI=1S/C10H17N3O/c1-3-8(4-2)5-12-10(14)9-6-11-7-13-9/h6-8H,3-5H2,1-2H3,(H,11,13)(H,12,14). The minimum atomic E-state index is -0.0746. The molecule has 78 valence electrons. The zero-order valence-corrected chi connectivity index (χ0v) is 8.71. The highest BCUT2D eigenvalue weighted by Crippen LogP contribution is 2.05. The first-order chi connectivity index (χ1) is 6.77. The Morgan fingerprint density at radius 2 is 2.29 bits per heavy atom. The van der Waals surface area contributed by atoms with Gasteiger partial charge in [0, 0.05) is 6.54 Å². The molecule has 0 aliphatic rings. The molecule has 1 heterocycles. The molecule has 0 saturated heterocycles. The molecule has 0 aliphatic carbocycles. The summed E-state index contributed by atoms with van der Waals surface area (Å²) in [5, 5.41) is 2.88. The molecule has 1 aromatic rings. The molecular weight excluding hydrogens is 178 g/mol. The van der Waals surface area contributed by atoms with Crippen molar-refractivity contribution in [2.75, 3.05) is 6.54 Å². The molecule has 0 aliphatic heterocycles. The number of aromatic nitrogens is 2. The molecule has 0 aromatic carbocycles. The molecule has 1 amide bonds. The van der Waals surface area contributed by atoms with Crippen LogP contribution in [-0.4, -0.2) is 22.4 Å². The molecule has 14 heavy (non-hydrogen) atoms. The Balaban J connectivity index is 2.35. The largest absolute Gasteiger partial charge is 0.350 e. The van der Waals surface area contributed by atoms with Crippen LogP contribution in [0.5, 0.6) is 0 Å². The maximum atomic E-state index is 11.5. The fourth-order valence-electron chi connectivity index (χ4n) is 1.29. The third kappa shape index (κ3) is 2.87. The van der Waals surface area contributed by atoms with Crippen LogP contribution in [0.25, 0.3) is 0 Å². The van der Waals surface area contributed by atoms with Gasteiger partial charge in [-0.15, -0.1) is 0 Å². The van der Waals surface area contributed by atoms with E-state index in [1.54, 1.807) is 0 Å². The summed E-state index contributed by atoms with van der Waals surface area (Å²) in [5.41, 5.74) is 0.524. The lowest BCUT2D eigenvalue weighted by molar-refractivity contribution is 0.0942. The van der Waals surface area contributed by atoms with Gasteiger partial charge in [-0.3, -0.25) is 4.79 Å².